The summed E-state index contributed by atoms with van der Waals surface area (Å²) in [6, 6.07) is 2.24. The predicted octanol–water partition coefficient (Wildman–Crippen LogP) is 2.14. The van der Waals surface area contributed by atoms with Gasteiger partial charge in [0.1, 0.15) is 5.82 Å². The minimum atomic E-state index is -4.34. The van der Waals surface area contributed by atoms with E-state index in [2.05, 4.69) is 10.3 Å². The largest absolute Gasteiger partial charge is 0.419 e. The maximum atomic E-state index is 12.2. The number of nitrogens with zero attached hydrogens (tertiary/aromatic N) is 1. The summed E-state index contributed by atoms with van der Waals surface area (Å²) in [4.78, 5) is 3.53. The molecular weight excluding hydrogens is 169 g/mol. The maximum Gasteiger partial charge on any atom is 0.419 e. The molecule has 0 spiro atoms. The van der Waals surface area contributed by atoms with Crippen LogP contribution in [0.4, 0.5) is 19.0 Å². The molecule has 1 aromatic heterocycles. The van der Waals surface area contributed by atoms with Crippen LogP contribution in [0, 0.1) is 0 Å². The summed E-state index contributed by atoms with van der Waals surface area (Å²) < 4.78 is 36.5. The van der Waals surface area contributed by atoms with Crippen molar-refractivity contribution in [1.82, 2.24) is 4.98 Å². The molecule has 66 valence electrons. The van der Waals surface area contributed by atoms with Crippen molar-refractivity contribution < 1.29 is 13.2 Å². The Morgan fingerprint density at radius 3 is 2.50 bits per heavy atom. The summed E-state index contributed by atoms with van der Waals surface area (Å²) in [6.45, 7) is 0. The van der Waals surface area contributed by atoms with Crippen molar-refractivity contribution in [2.75, 3.05) is 12.4 Å². The van der Waals surface area contributed by atoms with Crippen LogP contribution in [-0.2, 0) is 6.18 Å². The molecule has 0 unspecified atom stereocenters. The summed E-state index contributed by atoms with van der Waals surface area (Å²) in [5, 5.41) is 2.37. The average Bonchev–Trinajstić information content (AvgIpc) is 2.03. The fourth-order valence-electron chi connectivity index (χ4n) is 0.833. The van der Waals surface area contributed by atoms with E-state index in [4.69, 9.17) is 0 Å². The van der Waals surface area contributed by atoms with Crippen LogP contribution >= 0.6 is 0 Å². The number of halogens is 3. The number of hydrogen-bond donors (Lipinski definition) is 1. The smallest absolute Gasteiger partial charge is 0.373 e. The summed E-state index contributed by atoms with van der Waals surface area (Å²) in [5.41, 5.74) is -0.743. The van der Waals surface area contributed by atoms with E-state index in [9.17, 15) is 13.2 Å². The Labute approximate surface area is 67.4 Å². The van der Waals surface area contributed by atoms with Gasteiger partial charge in [0.15, 0.2) is 0 Å². The molecule has 0 aliphatic heterocycles. The normalized spacial score (nSPS) is 11.3. The predicted molar refractivity (Wildman–Crippen MR) is 38.8 cm³/mol. The van der Waals surface area contributed by atoms with Crippen molar-refractivity contribution in [2.45, 2.75) is 6.18 Å². The van der Waals surface area contributed by atoms with Gasteiger partial charge in [-0.2, -0.15) is 13.2 Å². The molecule has 1 rings (SSSR count). The van der Waals surface area contributed by atoms with Gasteiger partial charge < -0.3 is 5.32 Å². The van der Waals surface area contributed by atoms with E-state index in [-0.39, 0.29) is 5.82 Å². The number of rotatable bonds is 1. The molecule has 0 radical (unpaired) electrons. The van der Waals surface area contributed by atoms with E-state index >= 15 is 0 Å². The summed E-state index contributed by atoms with van der Waals surface area (Å²) in [5.74, 6) is -0.148. The Morgan fingerprint density at radius 2 is 2.08 bits per heavy atom. The van der Waals surface area contributed by atoms with Crippen LogP contribution < -0.4 is 5.32 Å². The lowest BCUT2D eigenvalue weighted by Crippen LogP contribution is -2.09. The molecule has 0 atom stereocenters. The molecule has 0 amide bonds. The van der Waals surface area contributed by atoms with Crippen molar-refractivity contribution in [3.8, 4) is 0 Å². The third-order valence-electron chi connectivity index (χ3n) is 1.35. The van der Waals surface area contributed by atoms with Gasteiger partial charge in [0, 0.05) is 13.2 Å². The molecule has 5 heteroatoms. The van der Waals surface area contributed by atoms with Gasteiger partial charge in [-0.25, -0.2) is 4.98 Å². The van der Waals surface area contributed by atoms with Gasteiger partial charge in [0.05, 0.1) is 5.56 Å². The Morgan fingerprint density at radius 1 is 1.42 bits per heavy atom. The summed E-state index contributed by atoms with van der Waals surface area (Å²) >= 11 is 0. The third kappa shape index (κ3) is 1.66. The first-order chi connectivity index (χ1) is 5.55. The molecule has 0 aromatic carbocycles. The molecule has 0 aliphatic rings. The Hall–Kier alpha value is -1.26. The number of hydrogen-bond acceptors (Lipinski definition) is 2. The van der Waals surface area contributed by atoms with Gasteiger partial charge in [0.25, 0.3) is 0 Å². The highest BCUT2D eigenvalue weighted by molar-refractivity contribution is 5.44. The van der Waals surface area contributed by atoms with E-state index in [1.54, 1.807) is 0 Å². The van der Waals surface area contributed by atoms with Gasteiger partial charge in [-0.05, 0) is 12.1 Å². The summed E-state index contributed by atoms with van der Waals surface area (Å²) in [6.07, 6.45) is -3.03. The highest BCUT2D eigenvalue weighted by Gasteiger charge is 2.33. The minimum absolute atomic E-state index is 0.148. The number of pyridine rings is 1. The van der Waals surface area contributed by atoms with Crippen molar-refractivity contribution >= 4 is 5.82 Å². The SMILES string of the molecule is CNc1ncccc1C(F)(F)F. The van der Waals surface area contributed by atoms with Gasteiger partial charge in [-0.3, -0.25) is 0 Å². The van der Waals surface area contributed by atoms with Crippen LogP contribution in [0.3, 0.4) is 0 Å². The zero-order valence-electron chi connectivity index (χ0n) is 6.31. The second kappa shape index (κ2) is 3.00. The molecule has 0 fully saturated rings. The van der Waals surface area contributed by atoms with Crippen molar-refractivity contribution in [1.29, 1.82) is 0 Å². The molecule has 2 nitrogen and oxygen atoms in total. The average molecular weight is 176 g/mol. The van der Waals surface area contributed by atoms with Crippen LogP contribution in [0.2, 0.25) is 0 Å². The first-order valence-electron chi connectivity index (χ1n) is 3.25. The number of nitrogens with one attached hydrogen (secondary N) is 1. The van der Waals surface area contributed by atoms with Gasteiger partial charge in [-0.15, -0.1) is 0 Å². The van der Waals surface area contributed by atoms with Crippen molar-refractivity contribution in [2.24, 2.45) is 0 Å². The molecule has 12 heavy (non-hydrogen) atoms. The molecule has 0 saturated heterocycles. The fraction of sp³-hybridized carbons (Fsp3) is 0.286. The lowest BCUT2D eigenvalue weighted by atomic mass is 10.2. The second-order valence-electron chi connectivity index (χ2n) is 2.15. The highest BCUT2D eigenvalue weighted by Crippen LogP contribution is 2.32. The monoisotopic (exact) mass is 176 g/mol. The van der Waals surface area contributed by atoms with Crippen LogP contribution in [0.5, 0.6) is 0 Å². The third-order valence-corrected chi connectivity index (χ3v) is 1.35. The van der Waals surface area contributed by atoms with Crippen LogP contribution in [0.25, 0.3) is 0 Å². The standard InChI is InChI=1S/C7H7F3N2/c1-11-6-5(7(8,9)10)3-2-4-12-6/h2-4H,1H3,(H,11,12). The van der Waals surface area contributed by atoms with E-state index < -0.39 is 11.7 Å². The van der Waals surface area contributed by atoms with E-state index in [0.29, 0.717) is 0 Å². The van der Waals surface area contributed by atoms with E-state index in [1.165, 1.54) is 19.3 Å². The van der Waals surface area contributed by atoms with Crippen LogP contribution in [-0.4, -0.2) is 12.0 Å². The number of aromatic nitrogens is 1. The minimum Gasteiger partial charge on any atom is -0.373 e. The Kier molecular flexibility index (Phi) is 2.21. The summed E-state index contributed by atoms with van der Waals surface area (Å²) in [7, 11) is 1.40. The second-order valence-corrected chi connectivity index (χ2v) is 2.15. The molecule has 0 aliphatic carbocycles. The highest BCUT2D eigenvalue weighted by atomic mass is 19.4. The molecular formula is C7H7F3N2. The molecule has 1 heterocycles. The quantitative estimate of drug-likeness (QED) is 0.709. The van der Waals surface area contributed by atoms with E-state index in [1.807, 2.05) is 0 Å². The fourth-order valence-corrected chi connectivity index (χ4v) is 0.833. The number of anilines is 1. The van der Waals surface area contributed by atoms with Crippen LogP contribution in [0.15, 0.2) is 18.3 Å². The van der Waals surface area contributed by atoms with Crippen LogP contribution in [0.1, 0.15) is 5.56 Å². The zero-order chi connectivity index (χ0) is 9.19. The Bertz CT molecular complexity index is 270. The lowest BCUT2D eigenvalue weighted by molar-refractivity contribution is -0.137. The molecule has 0 bridgehead atoms. The first kappa shape index (κ1) is 8.83. The van der Waals surface area contributed by atoms with Gasteiger partial charge in [-0.1, -0.05) is 0 Å². The van der Waals surface area contributed by atoms with E-state index in [0.717, 1.165) is 6.07 Å². The van der Waals surface area contributed by atoms with Gasteiger partial charge in [0.2, 0.25) is 0 Å². The van der Waals surface area contributed by atoms with Crippen molar-refractivity contribution in [3.63, 3.8) is 0 Å². The van der Waals surface area contributed by atoms with Crippen molar-refractivity contribution in [3.05, 3.63) is 23.9 Å². The molecule has 0 saturated carbocycles. The topological polar surface area (TPSA) is 24.9 Å². The molecule has 1 aromatic rings. The van der Waals surface area contributed by atoms with Gasteiger partial charge >= 0.3 is 6.18 Å². The Balaban J connectivity index is 3.14. The first-order valence-corrected chi connectivity index (χ1v) is 3.25. The lowest BCUT2D eigenvalue weighted by Gasteiger charge is -2.09. The maximum absolute atomic E-state index is 12.2. The zero-order valence-corrected chi connectivity index (χ0v) is 6.31. The molecule has 1 N–H and O–H groups in total. The number of alkyl halides is 3.